The summed E-state index contributed by atoms with van der Waals surface area (Å²) in [6, 6.07) is 13.5. The normalized spacial score (nSPS) is 11.0. The second-order valence-corrected chi connectivity index (χ2v) is 8.17. The molecule has 0 saturated heterocycles. The lowest BCUT2D eigenvalue weighted by molar-refractivity contribution is -0.114. The summed E-state index contributed by atoms with van der Waals surface area (Å²) in [7, 11) is -3.33. The van der Waals surface area contributed by atoms with Crippen LogP contribution in [-0.2, 0) is 14.8 Å². The van der Waals surface area contributed by atoms with E-state index in [0.29, 0.717) is 16.9 Å². The quantitative estimate of drug-likeness (QED) is 0.571. The Morgan fingerprint density at radius 1 is 0.960 bits per heavy atom. The Bertz CT molecular complexity index is 861. The first-order valence-electron chi connectivity index (χ1n) is 7.34. The summed E-state index contributed by atoms with van der Waals surface area (Å²) in [6.07, 6.45) is 1.07. The van der Waals surface area contributed by atoms with E-state index in [-0.39, 0.29) is 17.4 Å². The van der Waals surface area contributed by atoms with E-state index < -0.39 is 10.0 Å². The Morgan fingerprint density at radius 2 is 1.52 bits per heavy atom. The Hall–Kier alpha value is -2.32. The smallest absolute Gasteiger partial charge is 0.229 e. The second-order valence-electron chi connectivity index (χ2n) is 5.37. The van der Waals surface area contributed by atoms with Crippen molar-refractivity contribution >= 4 is 44.9 Å². The van der Waals surface area contributed by atoms with Crippen LogP contribution in [0.5, 0.6) is 0 Å². The maximum atomic E-state index is 12.2. The third-order valence-corrected chi connectivity index (χ3v) is 4.67. The van der Waals surface area contributed by atoms with Crippen LogP contribution in [0.25, 0.3) is 0 Å². The molecule has 0 spiro atoms. The number of carbonyl (C=O) groups is 2. The molecule has 0 unspecified atom stereocenters. The Kier molecular flexibility index (Phi) is 6.22. The number of amides is 1. The summed E-state index contributed by atoms with van der Waals surface area (Å²) >= 11 is 1.39. The first-order valence-corrected chi connectivity index (χ1v) is 10.2. The molecule has 0 aliphatic heterocycles. The van der Waals surface area contributed by atoms with Crippen molar-refractivity contribution in [1.29, 1.82) is 0 Å². The molecule has 0 aliphatic rings. The number of Topliss-reactive ketones (excluding diaryl/α,β-unsaturated/α-hetero) is 1. The fourth-order valence-electron chi connectivity index (χ4n) is 2.01. The van der Waals surface area contributed by atoms with Gasteiger partial charge in [-0.1, -0.05) is 0 Å². The highest BCUT2D eigenvalue weighted by Gasteiger charge is 2.08. The monoisotopic (exact) mass is 378 g/mol. The highest BCUT2D eigenvalue weighted by atomic mass is 32.2. The maximum Gasteiger partial charge on any atom is 0.229 e. The molecule has 0 heterocycles. The van der Waals surface area contributed by atoms with Gasteiger partial charge in [-0.3, -0.25) is 14.3 Å². The fourth-order valence-corrected chi connectivity index (χ4v) is 3.37. The van der Waals surface area contributed by atoms with Crippen molar-refractivity contribution in [2.24, 2.45) is 0 Å². The number of sulfonamides is 1. The van der Waals surface area contributed by atoms with Gasteiger partial charge in [-0.2, -0.15) is 0 Å². The minimum absolute atomic E-state index is 0.0538. The van der Waals surface area contributed by atoms with Gasteiger partial charge in [0.25, 0.3) is 0 Å². The zero-order valence-corrected chi connectivity index (χ0v) is 15.4. The Labute approximate surface area is 151 Å². The van der Waals surface area contributed by atoms with Crippen molar-refractivity contribution in [1.82, 2.24) is 0 Å². The van der Waals surface area contributed by atoms with Gasteiger partial charge < -0.3 is 5.32 Å². The van der Waals surface area contributed by atoms with E-state index >= 15 is 0 Å². The largest absolute Gasteiger partial charge is 0.326 e. The third-order valence-electron chi connectivity index (χ3n) is 3.05. The molecule has 6 nitrogen and oxygen atoms in total. The predicted molar refractivity (Wildman–Crippen MR) is 101 cm³/mol. The van der Waals surface area contributed by atoms with Gasteiger partial charge in [0, 0.05) is 28.8 Å². The van der Waals surface area contributed by atoms with Crippen LogP contribution in [0, 0.1) is 0 Å². The summed E-state index contributed by atoms with van der Waals surface area (Å²) < 4.78 is 24.7. The minimum atomic E-state index is -3.33. The van der Waals surface area contributed by atoms with Gasteiger partial charge in [0.2, 0.25) is 15.9 Å². The van der Waals surface area contributed by atoms with Crippen LogP contribution in [0.4, 0.5) is 11.4 Å². The molecule has 0 aliphatic carbocycles. The first kappa shape index (κ1) is 19.0. The van der Waals surface area contributed by atoms with Crippen LogP contribution in [0.1, 0.15) is 17.3 Å². The van der Waals surface area contributed by atoms with E-state index in [1.807, 2.05) is 12.1 Å². The number of hydrogen-bond acceptors (Lipinski definition) is 5. The zero-order chi connectivity index (χ0) is 18.4. The molecule has 2 rings (SSSR count). The number of benzene rings is 2. The molecule has 8 heteroatoms. The average Bonchev–Trinajstić information content (AvgIpc) is 2.52. The number of carbonyl (C=O) groups excluding carboxylic acids is 2. The van der Waals surface area contributed by atoms with Gasteiger partial charge >= 0.3 is 0 Å². The van der Waals surface area contributed by atoms with Crippen molar-refractivity contribution < 1.29 is 18.0 Å². The summed E-state index contributed by atoms with van der Waals surface area (Å²) in [5, 5.41) is 2.68. The Morgan fingerprint density at radius 3 is 2.04 bits per heavy atom. The van der Waals surface area contributed by atoms with E-state index in [1.165, 1.54) is 18.7 Å². The van der Waals surface area contributed by atoms with Gasteiger partial charge in [-0.05, 0) is 48.5 Å². The average molecular weight is 378 g/mol. The lowest BCUT2D eigenvalue weighted by Crippen LogP contribution is -2.10. The summed E-state index contributed by atoms with van der Waals surface area (Å²) in [5.74, 6) is 0.0736. The van der Waals surface area contributed by atoms with Gasteiger partial charge in [0.1, 0.15) is 0 Å². The van der Waals surface area contributed by atoms with Crippen LogP contribution in [-0.4, -0.2) is 32.1 Å². The molecule has 2 aromatic carbocycles. The highest BCUT2D eigenvalue weighted by molar-refractivity contribution is 8.00. The van der Waals surface area contributed by atoms with Crippen molar-refractivity contribution in [2.75, 3.05) is 22.0 Å². The number of hydrogen-bond donors (Lipinski definition) is 2. The molecule has 0 bridgehead atoms. The van der Waals surface area contributed by atoms with Gasteiger partial charge in [-0.15, -0.1) is 11.8 Å². The summed E-state index contributed by atoms with van der Waals surface area (Å²) in [6.45, 7) is 1.44. The van der Waals surface area contributed by atoms with Crippen LogP contribution >= 0.6 is 11.8 Å². The van der Waals surface area contributed by atoms with Crippen LogP contribution in [0.15, 0.2) is 53.4 Å². The number of thioether (sulfide) groups is 1. The van der Waals surface area contributed by atoms with E-state index in [9.17, 15) is 18.0 Å². The zero-order valence-electron chi connectivity index (χ0n) is 13.8. The number of ketones is 1. The molecular weight excluding hydrogens is 360 g/mol. The minimum Gasteiger partial charge on any atom is -0.326 e. The molecule has 0 saturated carbocycles. The maximum absolute atomic E-state index is 12.2. The fraction of sp³-hybridized carbons (Fsp3) is 0.176. The second kappa shape index (κ2) is 8.17. The van der Waals surface area contributed by atoms with Crippen LogP contribution in [0.2, 0.25) is 0 Å². The molecule has 0 radical (unpaired) electrons. The van der Waals surface area contributed by atoms with Crippen molar-refractivity contribution in [3.05, 3.63) is 54.1 Å². The molecular formula is C17H18N2O4S2. The van der Waals surface area contributed by atoms with Crippen molar-refractivity contribution in [3.63, 3.8) is 0 Å². The van der Waals surface area contributed by atoms with Gasteiger partial charge in [0.15, 0.2) is 5.78 Å². The van der Waals surface area contributed by atoms with E-state index in [4.69, 9.17) is 0 Å². The molecule has 0 fully saturated rings. The highest BCUT2D eigenvalue weighted by Crippen LogP contribution is 2.22. The van der Waals surface area contributed by atoms with Crippen LogP contribution < -0.4 is 10.0 Å². The molecule has 0 aromatic heterocycles. The number of anilines is 2. The van der Waals surface area contributed by atoms with Gasteiger partial charge in [0.05, 0.1) is 12.0 Å². The molecule has 25 heavy (non-hydrogen) atoms. The molecule has 2 N–H and O–H groups in total. The topological polar surface area (TPSA) is 92.3 Å². The molecule has 0 atom stereocenters. The van der Waals surface area contributed by atoms with E-state index in [1.54, 1.807) is 36.4 Å². The van der Waals surface area contributed by atoms with E-state index in [2.05, 4.69) is 10.0 Å². The van der Waals surface area contributed by atoms with Crippen molar-refractivity contribution in [3.8, 4) is 0 Å². The lowest BCUT2D eigenvalue weighted by Gasteiger charge is -2.06. The predicted octanol–water partition coefficient (Wildman–Crippen LogP) is 2.99. The van der Waals surface area contributed by atoms with E-state index in [0.717, 1.165) is 11.2 Å². The van der Waals surface area contributed by atoms with Crippen LogP contribution in [0.3, 0.4) is 0 Å². The number of rotatable bonds is 7. The standard InChI is InChI=1S/C17H18N2O4S2/c1-12(20)18-14-7-9-16(10-8-14)24-11-17(21)13-3-5-15(6-4-13)19-25(2,22)23/h3-10,19H,11H2,1-2H3,(H,18,20). The third kappa shape index (κ3) is 6.60. The summed E-state index contributed by atoms with van der Waals surface area (Å²) in [5.41, 5.74) is 1.64. The Balaban J connectivity index is 1.92. The lowest BCUT2D eigenvalue weighted by atomic mass is 10.1. The summed E-state index contributed by atoms with van der Waals surface area (Å²) in [4.78, 5) is 24.1. The van der Waals surface area contributed by atoms with Gasteiger partial charge in [-0.25, -0.2) is 8.42 Å². The molecule has 1 amide bonds. The number of nitrogens with one attached hydrogen (secondary N) is 2. The molecule has 2 aromatic rings. The molecule has 132 valence electrons. The SMILES string of the molecule is CC(=O)Nc1ccc(SCC(=O)c2ccc(NS(C)(=O)=O)cc2)cc1. The van der Waals surface area contributed by atoms with Crippen molar-refractivity contribution in [2.45, 2.75) is 11.8 Å². The first-order chi connectivity index (χ1) is 11.7.